The number of hydrogen-bond acceptors (Lipinski definition) is 2. The van der Waals surface area contributed by atoms with Gasteiger partial charge in [0.25, 0.3) is 0 Å². The number of anilines is 5. The number of para-hydroxylation sites is 3. The van der Waals surface area contributed by atoms with Crippen LogP contribution in [0.4, 0.5) is 28.4 Å². The van der Waals surface area contributed by atoms with E-state index in [1.165, 1.54) is 93.9 Å². The van der Waals surface area contributed by atoms with Crippen molar-refractivity contribution in [1.29, 1.82) is 0 Å². The molecule has 0 amide bonds. The molecule has 0 saturated heterocycles. The van der Waals surface area contributed by atoms with E-state index in [4.69, 9.17) is 0 Å². The minimum Gasteiger partial charge on any atom is -0.376 e. The molecule has 0 saturated carbocycles. The van der Waals surface area contributed by atoms with Gasteiger partial charge >= 0.3 is 6.85 Å². The molecule has 2 nitrogen and oxygen atoms in total. The summed E-state index contributed by atoms with van der Waals surface area (Å²) in [6.07, 6.45) is 0. The summed E-state index contributed by atoms with van der Waals surface area (Å²) < 4.78 is 0. The van der Waals surface area contributed by atoms with Crippen molar-refractivity contribution in [2.75, 3.05) is 9.71 Å². The summed E-state index contributed by atoms with van der Waals surface area (Å²) in [6, 6.07) is 53.6. The van der Waals surface area contributed by atoms with Crippen molar-refractivity contribution in [2.45, 2.75) is 51.6 Å². The zero-order valence-corrected chi connectivity index (χ0v) is 31.8. The molecule has 0 atom stereocenters. The van der Waals surface area contributed by atoms with E-state index in [1.807, 2.05) is 0 Å². The number of nitrogens with zero attached hydrogens (tertiary/aromatic N) is 2. The van der Waals surface area contributed by atoms with Gasteiger partial charge in [-0.1, -0.05) is 144 Å². The van der Waals surface area contributed by atoms with Crippen LogP contribution in [0.3, 0.4) is 0 Å². The normalized spacial score (nSPS) is 17.4. The molecule has 3 heterocycles. The SMILES string of the molecule is CC1(C)c2ccccc2C(C)(C)c2cc3c(cc21)-c1c2c(cc4ccccc14)N1c4ccccc4[Si](C)(C)c4cccc(c41)B2N3c1ccccc1. The lowest BCUT2D eigenvalue weighted by Crippen LogP contribution is -2.67. The molecule has 7 aromatic carbocycles. The largest absolute Gasteiger partial charge is 0.376 e. The Kier molecular flexibility index (Phi) is 5.81. The first-order chi connectivity index (χ1) is 25.1. The van der Waals surface area contributed by atoms with Crippen LogP contribution in [0.2, 0.25) is 13.1 Å². The van der Waals surface area contributed by atoms with Gasteiger partial charge in [-0.3, -0.25) is 0 Å². The minimum atomic E-state index is -2.02. The van der Waals surface area contributed by atoms with Crippen molar-refractivity contribution in [1.82, 2.24) is 0 Å². The average Bonchev–Trinajstić information content (AvgIpc) is 3.16. The Labute approximate surface area is 308 Å². The summed E-state index contributed by atoms with van der Waals surface area (Å²) in [4.78, 5) is 5.34. The van der Waals surface area contributed by atoms with Crippen molar-refractivity contribution in [2.24, 2.45) is 0 Å². The first-order valence-corrected chi connectivity index (χ1v) is 21.8. The fourth-order valence-corrected chi connectivity index (χ4v) is 13.7. The van der Waals surface area contributed by atoms with E-state index >= 15 is 0 Å². The van der Waals surface area contributed by atoms with Gasteiger partial charge < -0.3 is 9.71 Å². The second kappa shape index (κ2) is 9.96. The molecule has 11 rings (SSSR count). The quantitative estimate of drug-likeness (QED) is 0.159. The predicted molar refractivity (Wildman–Crippen MR) is 225 cm³/mol. The van der Waals surface area contributed by atoms with Gasteiger partial charge in [0.2, 0.25) is 0 Å². The molecule has 0 unspecified atom stereocenters. The highest BCUT2D eigenvalue weighted by atomic mass is 28.3. The Morgan fingerprint density at radius 3 is 1.94 bits per heavy atom. The maximum atomic E-state index is 2.70. The van der Waals surface area contributed by atoms with Crippen molar-refractivity contribution in [3.63, 3.8) is 0 Å². The molecule has 0 fully saturated rings. The van der Waals surface area contributed by atoms with Gasteiger partial charge in [0, 0.05) is 44.8 Å². The lowest BCUT2D eigenvalue weighted by molar-refractivity contribution is 0.521. The highest BCUT2D eigenvalue weighted by Gasteiger charge is 2.51. The molecule has 7 aromatic rings. The molecule has 4 heteroatoms. The Morgan fingerprint density at radius 1 is 0.538 bits per heavy atom. The Balaban J connectivity index is 1.33. The summed E-state index contributed by atoms with van der Waals surface area (Å²) in [5.74, 6) is 0. The topological polar surface area (TPSA) is 6.48 Å². The maximum Gasteiger partial charge on any atom is 0.333 e. The van der Waals surface area contributed by atoms with Crippen LogP contribution < -0.4 is 31.0 Å². The minimum absolute atomic E-state index is 0.0100. The van der Waals surface area contributed by atoms with Gasteiger partial charge in [0.15, 0.2) is 0 Å². The summed E-state index contributed by atoms with van der Waals surface area (Å²) >= 11 is 0. The first kappa shape index (κ1) is 30.3. The van der Waals surface area contributed by atoms with Crippen LogP contribution in [-0.4, -0.2) is 14.9 Å². The van der Waals surface area contributed by atoms with Gasteiger partial charge in [-0.25, -0.2) is 0 Å². The van der Waals surface area contributed by atoms with Crippen molar-refractivity contribution < 1.29 is 0 Å². The smallest absolute Gasteiger partial charge is 0.333 e. The molecule has 0 bridgehead atoms. The Hall–Kier alpha value is -5.32. The van der Waals surface area contributed by atoms with E-state index in [0.717, 1.165) is 0 Å². The first-order valence-electron chi connectivity index (χ1n) is 18.8. The number of rotatable bonds is 1. The number of hydrogen-bond donors (Lipinski definition) is 0. The molecule has 0 radical (unpaired) electrons. The van der Waals surface area contributed by atoms with Crippen LogP contribution in [0.15, 0.2) is 140 Å². The van der Waals surface area contributed by atoms with Crippen LogP contribution in [0.5, 0.6) is 0 Å². The van der Waals surface area contributed by atoms with Crippen LogP contribution in [0.25, 0.3) is 21.9 Å². The second-order valence-electron chi connectivity index (χ2n) is 16.9. The van der Waals surface area contributed by atoms with Crippen LogP contribution >= 0.6 is 0 Å². The summed E-state index contributed by atoms with van der Waals surface area (Å²) in [5.41, 5.74) is 17.5. The third-order valence-corrected chi connectivity index (χ3v) is 16.8. The lowest BCUT2D eigenvalue weighted by Gasteiger charge is -2.51. The maximum absolute atomic E-state index is 2.70. The van der Waals surface area contributed by atoms with Gasteiger partial charge in [-0.2, -0.15) is 0 Å². The molecule has 0 aromatic heterocycles. The number of fused-ring (bicyclic) bond motifs is 10. The summed E-state index contributed by atoms with van der Waals surface area (Å²) in [6.45, 7) is 14.8. The molecule has 52 heavy (non-hydrogen) atoms. The van der Waals surface area contributed by atoms with Gasteiger partial charge in [-0.05, 0) is 96.3 Å². The van der Waals surface area contributed by atoms with Gasteiger partial charge in [0.05, 0.1) is 0 Å². The van der Waals surface area contributed by atoms with E-state index in [1.54, 1.807) is 0 Å². The van der Waals surface area contributed by atoms with E-state index in [-0.39, 0.29) is 17.7 Å². The van der Waals surface area contributed by atoms with Crippen molar-refractivity contribution in [3.8, 4) is 11.1 Å². The Morgan fingerprint density at radius 2 is 1.17 bits per heavy atom. The average molecular weight is 685 g/mol. The fraction of sp³-hybridized carbons (Fsp3) is 0.167. The highest BCUT2D eigenvalue weighted by molar-refractivity contribution is 7.04. The molecule has 1 aliphatic carbocycles. The van der Waals surface area contributed by atoms with Crippen molar-refractivity contribution >= 4 is 75.4 Å². The predicted octanol–water partition coefficient (Wildman–Crippen LogP) is 9.65. The number of benzene rings is 7. The van der Waals surface area contributed by atoms with E-state index in [0.29, 0.717) is 0 Å². The van der Waals surface area contributed by atoms with Crippen LogP contribution in [0, 0.1) is 0 Å². The van der Waals surface area contributed by atoms with E-state index < -0.39 is 8.07 Å². The summed E-state index contributed by atoms with van der Waals surface area (Å²) in [5, 5.41) is 5.64. The van der Waals surface area contributed by atoms with Crippen LogP contribution in [-0.2, 0) is 10.8 Å². The van der Waals surface area contributed by atoms with E-state index in [9.17, 15) is 0 Å². The zero-order valence-electron chi connectivity index (χ0n) is 30.8. The molecule has 250 valence electrons. The van der Waals surface area contributed by atoms with Crippen LogP contribution in [0.1, 0.15) is 49.9 Å². The fourth-order valence-electron chi connectivity index (χ4n) is 10.7. The Bertz CT molecular complexity index is 2690. The zero-order chi connectivity index (χ0) is 35.3. The third kappa shape index (κ3) is 3.61. The molecular weight excluding hydrogens is 643 g/mol. The molecule has 0 spiro atoms. The van der Waals surface area contributed by atoms with Gasteiger partial charge in [-0.15, -0.1) is 0 Å². The lowest BCUT2D eigenvalue weighted by atomic mass is 9.43. The molecule has 0 N–H and O–H groups in total. The second-order valence-corrected chi connectivity index (χ2v) is 21.3. The van der Waals surface area contributed by atoms with Gasteiger partial charge in [0.1, 0.15) is 8.07 Å². The molecular formula is C48H41BN2Si. The highest BCUT2D eigenvalue weighted by Crippen LogP contribution is 2.55. The summed E-state index contributed by atoms with van der Waals surface area (Å²) in [7, 11) is -2.02. The molecule has 3 aliphatic heterocycles. The van der Waals surface area contributed by atoms with E-state index in [2.05, 4.69) is 190 Å². The monoisotopic (exact) mass is 684 g/mol. The standard InChI is InChI=1S/C48H41BN2Si/c1-47(2)34-21-12-13-22-35(34)48(3,4)37-29-40-33(28-36(37)47)44-32-20-11-10-17-30(32)27-41-45(44)49(51(40)31-18-8-7-9-19-31)38-23-16-26-43-46(38)50(41)39-24-14-15-25-42(39)52(43,5)6/h7-29H,1-6H3. The molecule has 4 aliphatic rings. The third-order valence-electron chi connectivity index (χ3n) is 13.2. The van der Waals surface area contributed by atoms with Crippen molar-refractivity contribution in [3.05, 3.63) is 162 Å².